The highest BCUT2D eigenvalue weighted by Gasteiger charge is 2.21. The maximum absolute atomic E-state index is 5.90. The zero-order valence-electron chi connectivity index (χ0n) is 10.0. The van der Waals surface area contributed by atoms with Gasteiger partial charge in [-0.1, -0.05) is 19.3 Å². The molecule has 1 unspecified atom stereocenters. The SMILES string of the molecule is CC(CNC1CC1)OCC1CCCCC1. The minimum Gasteiger partial charge on any atom is -0.377 e. The molecule has 1 atom stereocenters. The molecule has 0 aromatic rings. The Kier molecular flexibility index (Phi) is 4.45. The van der Waals surface area contributed by atoms with Crippen molar-refractivity contribution < 1.29 is 4.74 Å². The molecule has 2 saturated carbocycles. The van der Waals surface area contributed by atoms with E-state index in [0.29, 0.717) is 6.10 Å². The third-order valence-corrected chi connectivity index (χ3v) is 3.61. The third-order valence-electron chi connectivity index (χ3n) is 3.61. The van der Waals surface area contributed by atoms with Gasteiger partial charge in [-0.15, -0.1) is 0 Å². The van der Waals surface area contributed by atoms with Crippen LogP contribution in [0.25, 0.3) is 0 Å². The monoisotopic (exact) mass is 211 g/mol. The van der Waals surface area contributed by atoms with Crippen molar-refractivity contribution in [3.63, 3.8) is 0 Å². The quantitative estimate of drug-likeness (QED) is 0.729. The second kappa shape index (κ2) is 5.86. The molecule has 2 nitrogen and oxygen atoms in total. The summed E-state index contributed by atoms with van der Waals surface area (Å²) in [6.07, 6.45) is 10.2. The molecule has 15 heavy (non-hydrogen) atoms. The van der Waals surface area contributed by atoms with Gasteiger partial charge in [0.05, 0.1) is 6.10 Å². The van der Waals surface area contributed by atoms with Gasteiger partial charge in [-0.3, -0.25) is 0 Å². The van der Waals surface area contributed by atoms with E-state index < -0.39 is 0 Å². The lowest BCUT2D eigenvalue weighted by Gasteiger charge is -2.23. The molecule has 0 saturated heterocycles. The van der Waals surface area contributed by atoms with Gasteiger partial charge in [0, 0.05) is 19.2 Å². The molecule has 0 aliphatic heterocycles. The maximum atomic E-state index is 5.90. The maximum Gasteiger partial charge on any atom is 0.0671 e. The molecular formula is C13H25NO. The van der Waals surface area contributed by atoms with Crippen LogP contribution in [-0.4, -0.2) is 25.3 Å². The van der Waals surface area contributed by atoms with Crippen LogP contribution in [0.1, 0.15) is 51.9 Å². The van der Waals surface area contributed by atoms with Crippen LogP contribution in [0.2, 0.25) is 0 Å². The Morgan fingerprint density at radius 3 is 2.53 bits per heavy atom. The van der Waals surface area contributed by atoms with Gasteiger partial charge in [-0.05, 0) is 38.5 Å². The molecule has 0 heterocycles. The van der Waals surface area contributed by atoms with Crippen molar-refractivity contribution >= 4 is 0 Å². The standard InChI is InChI=1S/C13H25NO/c1-11(9-14-13-7-8-13)15-10-12-5-3-2-4-6-12/h11-14H,2-10H2,1H3. The summed E-state index contributed by atoms with van der Waals surface area (Å²) in [7, 11) is 0. The Morgan fingerprint density at radius 1 is 1.13 bits per heavy atom. The van der Waals surface area contributed by atoms with Crippen LogP contribution in [-0.2, 0) is 4.74 Å². The summed E-state index contributed by atoms with van der Waals surface area (Å²) >= 11 is 0. The normalized spacial score (nSPS) is 25.4. The van der Waals surface area contributed by atoms with E-state index >= 15 is 0 Å². The Labute approximate surface area is 93.8 Å². The topological polar surface area (TPSA) is 21.3 Å². The van der Waals surface area contributed by atoms with E-state index in [1.807, 2.05) is 0 Å². The average Bonchev–Trinajstić information content (AvgIpc) is 3.09. The van der Waals surface area contributed by atoms with Gasteiger partial charge in [0.25, 0.3) is 0 Å². The van der Waals surface area contributed by atoms with E-state index in [4.69, 9.17) is 4.74 Å². The fourth-order valence-electron chi connectivity index (χ4n) is 2.33. The highest BCUT2D eigenvalue weighted by molar-refractivity contribution is 4.81. The summed E-state index contributed by atoms with van der Waals surface area (Å²) in [6, 6.07) is 0.811. The van der Waals surface area contributed by atoms with Crippen LogP contribution in [0.3, 0.4) is 0 Å². The number of hydrogen-bond donors (Lipinski definition) is 1. The van der Waals surface area contributed by atoms with Crippen molar-refractivity contribution in [2.45, 2.75) is 64.0 Å². The average molecular weight is 211 g/mol. The van der Waals surface area contributed by atoms with Crippen molar-refractivity contribution in [1.29, 1.82) is 0 Å². The summed E-state index contributed by atoms with van der Waals surface area (Å²) in [5, 5.41) is 3.52. The molecule has 0 aromatic heterocycles. The van der Waals surface area contributed by atoms with Gasteiger partial charge >= 0.3 is 0 Å². The van der Waals surface area contributed by atoms with Gasteiger partial charge < -0.3 is 10.1 Å². The molecule has 2 rings (SSSR count). The first-order valence-corrected chi connectivity index (χ1v) is 6.69. The van der Waals surface area contributed by atoms with Crippen LogP contribution in [0.4, 0.5) is 0 Å². The van der Waals surface area contributed by atoms with Gasteiger partial charge in [0.2, 0.25) is 0 Å². The summed E-state index contributed by atoms with van der Waals surface area (Å²) in [6.45, 7) is 4.23. The predicted molar refractivity (Wildman–Crippen MR) is 63.0 cm³/mol. The Bertz CT molecular complexity index is 173. The molecule has 1 N–H and O–H groups in total. The lowest BCUT2D eigenvalue weighted by atomic mass is 9.90. The van der Waals surface area contributed by atoms with Gasteiger partial charge in [-0.25, -0.2) is 0 Å². The molecular weight excluding hydrogens is 186 g/mol. The summed E-state index contributed by atoms with van der Waals surface area (Å²) in [4.78, 5) is 0. The molecule has 88 valence electrons. The number of rotatable bonds is 6. The van der Waals surface area contributed by atoms with E-state index in [1.54, 1.807) is 0 Å². The second-order valence-corrected chi connectivity index (χ2v) is 5.33. The van der Waals surface area contributed by atoms with Crippen LogP contribution in [0.5, 0.6) is 0 Å². The largest absolute Gasteiger partial charge is 0.377 e. The van der Waals surface area contributed by atoms with E-state index in [9.17, 15) is 0 Å². The zero-order valence-corrected chi connectivity index (χ0v) is 10.0. The number of ether oxygens (including phenoxy) is 1. The molecule has 0 radical (unpaired) electrons. The molecule has 2 aliphatic carbocycles. The van der Waals surface area contributed by atoms with E-state index in [0.717, 1.165) is 25.1 Å². The minimum atomic E-state index is 0.396. The van der Waals surface area contributed by atoms with E-state index in [-0.39, 0.29) is 0 Å². The fraction of sp³-hybridized carbons (Fsp3) is 1.00. The smallest absolute Gasteiger partial charge is 0.0671 e. The van der Waals surface area contributed by atoms with Crippen molar-refractivity contribution in [2.75, 3.05) is 13.2 Å². The molecule has 0 bridgehead atoms. The van der Waals surface area contributed by atoms with E-state index in [2.05, 4.69) is 12.2 Å². The van der Waals surface area contributed by atoms with Crippen LogP contribution in [0.15, 0.2) is 0 Å². The second-order valence-electron chi connectivity index (χ2n) is 5.33. The molecule has 2 fully saturated rings. The Balaban J connectivity index is 1.50. The van der Waals surface area contributed by atoms with Crippen LogP contribution in [0, 0.1) is 5.92 Å². The molecule has 0 aromatic carbocycles. The summed E-state index contributed by atoms with van der Waals surface area (Å²) in [5.74, 6) is 0.849. The first-order valence-electron chi connectivity index (χ1n) is 6.69. The molecule has 2 heteroatoms. The lowest BCUT2D eigenvalue weighted by Crippen LogP contribution is -2.30. The highest BCUT2D eigenvalue weighted by Crippen LogP contribution is 2.24. The summed E-state index contributed by atoms with van der Waals surface area (Å²) < 4.78 is 5.90. The van der Waals surface area contributed by atoms with Crippen LogP contribution >= 0.6 is 0 Å². The third kappa shape index (κ3) is 4.52. The first-order chi connectivity index (χ1) is 7.34. The zero-order chi connectivity index (χ0) is 10.5. The molecule has 0 spiro atoms. The van der Waals surface area contributed by atoms with Gasteiger partial charge in [0.1, 0.15) is 0 Å². The van der Waals surface area contributed by atoms with E-state index in [1.165, 1.54) is 44.9 Å². The molecule has 2 aliphatic rings. The fourth-order valence-corrected chi connectivity index (χ4v) is 2.33. The van der Waals surface area contributed by atoms with Gasteiger partial charge in [0.15, 0.2) is 0 Å². The van der Waals surface area contributed by atoms with Crippen molar-refractivity contribution in [2.24, 2.45) is 5.92 Å². The van der Waals surface area contributed by atoms with Crippen molar-refractivity contribution in [1.82, 2.24) is 5.32 Å². The van der Waals surface area contributed by atoms with Crippen LogP contribution < -0.4 is 5.32 Å². The number of hydrogen-bond acceptors (Lipinski definition) is 2. The van der Waals surface area contributed by atoms with Crippen molar-refractivity contribution in [3.05, 3.63) is 0 Å². The predicted octanol–water partition coefficient (Wildman–Crippen LogP) is 2.72. The van der Waals surface area contributed by atoms with Gasteiger partial charge in [-0.2, -0.15) is 0 Å². The highest BCUT2D eigenvalue weighted by atomic mass is 16.5. The number of nitrogens with one attached hydrogen (secondary N) is 1. The van der Waals surface area contributed by atoms with Crippen molar-refractivity contribution in [3.8, 4) is 0 Å². The first kappa shape index (κ1) is 11.4. The Morgan fingerprint density at radius 2 is 1.87 bits per heavy atom. The lowest BCUT2D eigenvalue weighted by molar-refractivity contribution is 0.0313. The Hall–Kier alpha value is -0.0800. The summed E-state index contributed by atoms with van der Waals surface area (Å²) in [5.41, 5.74) is 0. The molecule has 0 amide bonds. The minimum absolute atomic E-state index is 0.396.